The quantitative estimate of drug-likeness (QED) is 0.556. The molecule has 0 aromatic rings. The van der Waals surface area contributed by atoms with Gasteiger partial charge in [-0.25, -0.2) is 0 Å². The third-order valence-corrected chi connectivity index (χ3v) is 3.28. The molecular formula is C14H24. The first-order valence-corrected chi connectivity index (χ1v) is 5.98. The van der Waals surface area contributed by atoms with Crippen molar-refractivity contribution in [2.75, 3.05) is 0 Å². The zero-order chi connectivity index (χ0) is 10.6. The van der Waals surface area contributed by atoms with Gasteiger partial charge in [-0.05, 0) is 55.6 Å². The lowest BCUT2D eigenvalue weighted by Crippen LogP contribution is -2.25. The van der Waals surface area contributed by atoms with Crippen molar-refractivity contribution in [1.29, 1.82) is 0 Å². The third kappa shape index (κ3) is 3.03. The van der Waals surface area contributed by atoms with Crippen molar-refractivity contribution in [3.63, 3.8) is 0 Å². The first kappa shape index (κ1) is 11.6. The molecule has 80 valence electrons. The summed E-state index contributed by atoms with van der Waals surface area (Å²) in [6.45, 7) is 9.20. The molecule has 0 amide bonds. The summed E-state index contributed by atoms with van der Waals surface area (Å²) in [6.07, 6.45) is 8.69. The maximum Gasteiger partial charge on any atom is -0.0190 e. The SMILES string of the molecule is CC=C=C1CC(C)CC(C)(CCC)C1. The minimum absolute atomic E-state index is 0.553. The summed E-state index contributed by atoms with van der Waals surface area (Å²) in [6, 6.07) is 0. The Balaban J connectivity index is 2.76. The highest BCUT2D eigenvalue weighted by Crippen LogP contribution is 2.44. The fraction of sp³-hybridized carbons (Fsp3) is 0.786. The van der Waals surface area contributed by atoms with Crippen LogP contribution in [-0.4, -0.2) is 0 Å². The molecule has 1 fully saturated rings. The molecule has 1 aliphatic rings. The van der Waals surface area contributed by atoms with E-state index in [1.54, 1.807) is 5.57 Å². The first-order chi connectivity index (χ1) is 6.59. The molecule has 1 rings (SSSR count). The third-order valence-electron chi connectivity index (χ3n) is 3.28. The van der Waals surface area contributed by atoms with Crippen molar-refractivity contribution in [2.45, 2.75) is 59.8 Å². The van der Waals surface area contributed by atoms with Gasteiger partial charge in [0, 0.05) is 0 Å². The second-order valence-electron chi connectivity index (χ2n) is 5.29. The summed E-state index contributed by atoms with van der Waals surface area (Å²) < 4.78 is 0. The van der Waals surface area contributed by atoms with Gasteiger partial charge in [-0.1, -0.05) is 27.2 Å². The normalized spacial score (nSPS) is 32.6. The van der Waals surface area contributed by atoms with Gasteiger partial charge in [0.25, 0.3) is 0 Å². The fourth-order valence-electron chi connectivity index (χ4n) is 3.10. The lowest BCUT2D eigenvalue weighted by Gasteiger charge is -2.37. The van der Waals surface area contributed by atoms with Crippen molar-refractivity contribution in [3.05, 3.63) is 17.4 Å². The van der Waals surface area contributed by atoms with Crippen molar-refractivity contribution >= 4 is 0 Å². The molecule has 0 aromatic carbocycles. The van der Waals surface area contributed by atoms with Gasteiger partial charge in [-0.15, -0.1) is 5.73 Å². The Labute approximate surface area is 89.1 Å². The molecule has 2 unspecified atom stereocenters. The molecule has 0 aliphatic heterocycles. The molecule has 2 atom stereocenters. The van der Waals surface area contributed by atoms with Gasteiger partial charge in [0.1, 0.15) is 0 Å². The molecular weight excluding hydrogens is 168 g/mol. The summed E-state index contributed by atoms with van der Waals surface area (Å²) in [7, 11) is 0. The number of rotatable bonds is 2. The molecule has 0 heteroatoms. The molecule has 0 bridgehead atoms. The number of allylic oxidation sites excluding steroid dienone is 1. The standard InChI is InChI=1S/C14H24/c1-5-7-13-9-12(3)10-14(4,11-13)8-6-2/h5,12H,6,8-11H2,1-4H3. The molecule has 14 heavy (non-hydrogen) atoms. The Bertz CT molecular complexity index is 243. The largest absolute Gasteiger partial charge is 0.126 e. The lowest BCUT2D eigenvalue weighted by molar-refractivity contribution is 0.191. The Morgan fingerprint density at radius 2 is 2.29 bits per heavy atom. The van der Waals surface area contributed by atoms with Crippen LogP contribution in [0.15, 0.2) is 17.4 Å². The topological polar surface area (TPSA) is 0 Å². The van der Waals surface area contributed by atoms with Crippen LogP contribution in [-0.2, 0) is 0 Å². The van der Waals surface area contributed by atoms with Gasteiger partial charge in [-0.3, -0.25) is 0 Å². The molecule has 0 radical (unpaired) electrons. The molecule has 1 saturated carbocycles. The lowest BCUT2D eigenvalue weighted by atomic mass is 9.67. The molecule has 0 spiro atoms. The van der Waals surface area contributed by atoms with Gasteiger partial charge < -0.3 is 0 Å². The zero-order valence-corrected chi connectivity index (χ0v) is 10.2. The van der Waals surface area contributed by atoms with Crippen LogP contribution < -0.4 is 0 Å². The van der Waals surface area contributed by atoms with Crippen LogP contribution in [0.4, 0.5) is 0 Å². The fourth-order valence-corrected chi connectivity index (χ4v) is 3.10. The van der Waals surface area contributed by atoms with Crippen molar-refractivity contribution < 1.29 is 0 Å². The van der Waals surface area contributed by atoms with Crippen LogP contribution in [0.1, 0.15) is 59.8 Å². The van der Waals surface area contributed by atoms with E-state index in [0.29, 0.717) is 5.41 Å². The highest BCUT2D eigenvalue weighted by atomic mass is 14.4. The van der Waals surface area contributed by atoms with Gasteiger partial charge in [-0.2, -0.15) is 0 Å². The van der Waals surface area contributed by atoms with E-state index >= 15 is 0 Å². The second-order valence-corrected chi connectivity index (χ2v) is 5.29. The van der Waals surface area contributed by atoms with E-state index in [1.807, 2.05) is 0 Å². The van der Waals surface area contributed by atoms with Crippen molar-refractivity contribution in [3.8, 4) is 0 Å². The summed E-state index contributed by atoms with van der Waals surface area (Å²) >= 11 is 0. The maximum absolute atomic E-state index is 3.42. The van der Waals surface area contributed by atoms with E-state index in [4.69, 9.17) is 0 Å². The maximum atomic E-state index is 3.42. The van der Waals surface area contributed by atoms with Gasteiger partial charge in [0.15, 0.2) is 0 Å². The molecule has 0 N–H and O–H groups in total. The van der Waals surface area contributed by atoms with E-state index in [0.717, 1.165) is 5.92 Å². The van der Waals surface area contributed by atoms with Crippen LogP contribution in [0.5, 0.6) is 0 Å². The van der Waals surface area contributed by atoms with Gasteiger partial charge >= 0.3 is 0 Å². The van der Waals surface area contributed by atoms with E-state index in [9.17, 15) is 0 Å². The average molecular weight is 192 g/mol. The van der Waals surface area contributed by atoms with Gasteiger partial charge in [0.05, 0.1) is 0 Å². The minimum atomic E-state index is 0.553. The number of hydrogen-bond acceptors (Lipinski definition) is 0. The van der Waals surface area contributed by atoms with Crippen LogP contribution in [0.25, 0.3) is 0 Å². The molecule has 0 heterocycles. The van der Waals surface area contributed by atoms with E-state index < -0.39 is 0 Å². The predicted octanol–water partition coefficient (Wildman–Crippen LogP) is 4.71. The Hall–Kier alpha value is -0.480. The summed E-state index contributed by atoms with van der Waals surface area (Å²) in [5.41, 5.74) is 5.52. The van der Waals surface area contributed by atoms with Gasteiger partial charge in [0.2, 0.25) is 0 Å². The smallest absolute Gasteiger partial charge is 0.0190 e. The van der Waals surface area contributed by atoms with E-state index in [-0.39, 0.29) is 0 Å². The average Bonchev–Trinajstić information content (AvgIpc) is 2.02. The monoisotopic (exact) mass is 192 g/mol. The minimum Gasteiger partial charge on any atom is -0.126 e. The second kappa shape index (κ2) is 4.84. The Kier molecular flexibility index (Phi) is 4.01. The highest BCUT2D eigenvalue weighted by Gasteiger charge is 2.31. The molecule has 1 aliphatic carbocycles. The van der Waals surface area contributed by atoms with E-state index in [2.05, 4.69) is 39.5 Å². The first-order valence-electron chi connectivity index (χ1n) is 5.98. The van der Waals surface area contributed by atoms with E-state index in [1.165, 1.54) is 32.1 Å². The molecule has 0 saturated heterocycles. The predicted molar refractivity (Wildman–Crippen MR) is 63.3 cm³/mol. The zero-order valence-electron chi connectivity index (χ0n) is 10.2. The Morgan fingerprint density at radius 1 is 1.57 bits per heavy atom. The molecule has 0 aromatic heterocycles. The Morgan fingerprint density at radius 3 is 2.86 bits per heavy atom. The summed E-state index contributed by atoms with van der Waals surface area (Å²) in [4.78, 5) is 0. The van der Waals surface area contributed by atoms with Crippen LogP contribution >= 0.6 is 0 Å². The van der Waals surface area contributed by atoms with Crippen LogP contribution in [0.2, 0.25) is 0 Å². The highest BCUT2D eigenvalue weighted by molar-refractivity contribution is 5.09. The number of hydrogen-bond donors (Lipinski definition) is 0. The van der Waals surface area contributed by atoms with Crippen molar-refractivity contribution in [2.24, 2.45) is 11.3 Å². The summed E-state index contributed by atoms with van der Waals surface area (Å²) in [5.74, 6) is 0.850. The molecule has 0 nitrogen and oxygen atoms in total. The van der Waals surface area contributed by atoms with Crippen molar-refractivity contribution in [1.82, 2.24) is 0 Å². The summed E-state index contributed by atoms with van der Waals surface area (Å²) in [5, 5.41) is 0. The van der Waals surface area contributed by atoms with Crippen LogP contribution in [0, 0.1) is 11.3 Å². The van der Waals surface area contributed by atoms with Crippen LogP contribution in [0.3, 0.4) is 0 Å².